The highest BCUT2D eigenvalue weighted by molar-refractivity contribution is 6.00. The van der Waals surface area contributed by atoms with E-state index in [-0.39, 0.29) is 55.0 Å². The number of likely N-dealkylation sites (N-methyl/N-ethyl adjacent to an activating group) is 1. The van der Waals surface area contributed by atoms with Gasteiger partial charge in [-0.2, -0.15) is 0 Å². The zero-order valence-corrected chi connectivity index (χ0v) is 29.2. The molecule has 264 valence electrons. The lowest BCUT2D eigenvalue weighted by Gasteiger charge is -2.35. The van der Waals surface area contributed by atoms with E-state index in [1.165, 1.54) is 0 Å². The second-order valence-corrected chi connectivity index (χ2v) is 13.4. The maximum absolute atomic E-state index is 14.4. The van der Waals surface area contributed by atoms with Crippen molar-refractivity contribution in [2.75, 3.05) is 51.1 Å². The lowest BCUT2D eigenvalue weighted by Crippen LogP contribution is -2.48. The fraction of sp³-hybridized carbons (Fsp3) is 0.595. The van der Waals surface area contributed by atoms with E-state index >= 15 is 0 Å². The van der Waals surface area contributed by atoms with Gasteiger partial charge in [-0.1, -0.05) is 26.2 Å². The zero-order chi connectivity index (χ0) is 34.6. The fourth-order valence-corrected chi connectivity index (χ4v) is 6.32. The summed E-state index contributed by atoms with van der Waals surface area (Å²) in [5.74, 6) is 0.598. The molecule has 1 aliphatic carbocycles. The Balaban J connectivity index is 1.56. The molecule has 0 spiro atoms. The molecule has 4 rings (SSSR count). The summed E-state index contributed by atoms with van der Waals surface area (Å²) in [6.45, 7) is 6.61. The van der Waals surface area contributed by atoms with E-state index in [4.69, 9.17) is 14.2 Å². The Morgan fingerprint density at radius 2 is 1.69 bits per heavy atom. The van der Waals surface area contributed by atoms with Crippen LogP contribution in [-0.4, -0.2) is 91.5 Å². The van der Waals surface area contributed by atoms with E-state index in [0.717, 1.165) is 51.4 Å². The van der Waals surface area contributed by atoms with Crippen LogP contribution in [0.4, 0.5) is 16.2 Å². The van der Waals surface area contributed by atoms with E-state index < -0.39 is 6.04 Å². The van der Waals surface area contributed by atoms with Gasteiger partial charge in [-0.05, 0) is 88.4 Å². The Hall–Kier alpha value is -3.83. The van der Waals surface area contributed by atoms with Crippen LogP contribution in [-0.2, 0) is 9.53 Å². The number of aliphatic hydroxyl groups excluding tert-OH is 1. The monoisotopic (exact) mass is 666 g/mol. The number of anilines is 2. The van der Waals surface area contributed by atoms with Gasteiger partial charge in [0.25, 0.3) is 5.91 Å². The number of hydrogen-bond acceptors (Lipinski definition) is 7. The fourth-order valence-electron chi connectivity index (χ4n) is 6.32. The Labute approximate surface area is 285 Å². The second kappa shape index (κ2) is 18.1. The first-order valence-electron chi connectivity index (χ1n) is 17.4. The molecule has 0 bridgehead atoms. The van der Waals surface area contributed by atoms with Crippen molar-refractivity contribution in [1.29, 1.82) is 0 Å². The molecule has 4 atom stereocenters. The van der Waals surface area contributed by atoms with Crippen molar-refractivity contribution in [2.45, 2.75) is 90.4 Å². The van der Waals surface area contributed by atoms with Gasteiger partial charge >= 0.3 is 6.03 Å². The van der Waals surface area contributed by atoms with Gasteiger partial charge < -0.3 is 39.8 Å². The van der Waals surface area contributed by atoms with Crippen LogP contribution in [0, 0.1) is 11.8 Å². The van der Waals surface area contributed by atoms with Gasteiger partial charge in [0.15, 0.2) is 0 Å². The van der Waals surface area contributed by atoms with Gasteiger partial charge in [-0.15, -0.1) is 0 Å². The summed E-state index contributed by atoms with van der Waals surface area (Å²) >= 11 is 0. The van der Waals surface area contributed by atoms with E-state index in [1.807, 2.05) is 13.8 Å². The predicted molar refractivity (Wildman–Crippen MR) is 187 cm³/mol. The number of fused-ring (bicyclic) bond motifs is 1. The van der Waals surface area contributed by atoms with Crippen molar-refractivity contribution in [2.24, 2.45) is 11.8 Å². The summed E-state index contributed by atoms with van der Waals surface area (Å²) in [7, 11) is 3.31. The largest absolute Gasteiger partial charge is 0.497 e. The summed E-state index contributed by atoms with van der Waals surface area (Å²) in [5.41, 5.74) is 1.53. The van der Waals surface area contributed by atoms with E-state index in [1.54, 1.807) is 73.3 Å². The van der Waals surface area contributed by atoms with Crippen LogP contribution in [0.25, 0.3) is 0 Å². The molecule has 48 heavy (non-hydrogen) atoms. The Bertz CT molecular complexity index is 1350. The van der Waals surface area contributed by atoms with Crippen molar-refractivity contribution in [3.63, 3.8) is 0 Å². The molecule has 2 aliphatic rings. The molecule has 1 fully saturated rings. The van der Waals surface area contributed by atoms with Gasteiger partial charge in [-0.25, -0.2) is 4.79 Å². The minimum atomic E-state index is -0.504. The van der Waals surface area contributed by atoms with Crippen molar-refractivity contribution in [3.05, 3.63) is 48.0 Å². The molecular weight excluding hydrogens is 612 g/mol. The normalized spacial score (nSPS) is 22.0. The van der Waals surface area contributed by atoms with Crippen LogP contribution in [0.2, 0.25) is 0 Å². The molecule has 3 N–H and O–H groups in total. The molecule has 1 saturated carbocycles. The number of carbonyl (C=O) groups is 3. The van der Waals surface area contributed by atoms with Gasteiger partial charge in [0.2, 0.25) is 5.91 Å². The highest BCUT2D eigenvalue weighted by Crippen LogP contribution is 2.30. The van der Waals surface area contributed by atoms with Crippen LogP contribution in [0.5, 0.6) is 11.5 Å². The smallest absolute Gasteiger partial charge is 0.321 e. The molecular formula is C37H54N4O7. The van der Waals surface area contributed by atoms with Crippen molar-refractivity contribution >= 4 is 29.2 Å². The van der Waals surface area contributed by atoms with Crippen molar-refractivity contribution in [3.8, 4) is 11.5 Å². The molecule has 0 unspecified atom stereocenters. The van der Waals surface area contributed by atoms with Crippen molar-refractivity contribution in [1.82, 2.24) is 9.80 Å². The maximum atomic E-state index is 14.4. The lowest BCUT2D eigenvalue weighted by atomic mass is 9.88. The average molecular weight is 667 g/mol. The van der Waals surface area contributed by atoms with Gasteiger partial charge in [-0.3, -0.25) is 9.59 Å². The Kier molecular flexibility index (Phi) is 13.9. The molecule has 2 aromatic rings. The number of methoxy groups -OCH3 is 1. The van der Waals surface area contributed by atoms with Crippen molar-refractivity contribution < 1.29 is 33.7 Å². The number of urea groups is 1. The molecule has 0 saturated heterocycles. The maximum Gasteiger partial charge on any atom is 0.321 e. The third kappa shape index (κ3) is 10.3. The first kappa shape index (κ1) is 37.0. The minimum absolute atomic E-state index is 0.0216. The highest BCUT2D eigenvalue weighted by atomic mass is 16.5. The molecule has 1 aliphatic heterocycles. The van der Waals surface area contributed by atoms with E-state index in [9.17, 15) is 19.5 Å². The number of carbonyl (C=O) groups excluding carboxylic acids is 3. The molecule has 0 radical (unpaired) electrons. The topological polar surface area (TPSA) is 130 Å². The molecule has 1 heterocycles. The molecule has 11 nitrogen and oxygen atoms in total. The average Bonchev–Trinajstić information content (AvgIpc) is 3.10. The summed E-state index contributed by atoms with van der Waals surface area (Å²) < 4.78 is 17.9. The number of nitrogens with zero attached hydrogens (tertiary/aromatic N) is 2. The Morgan fingerprint density at radius 3 is 2.38 bits per heavy atom. The SMILES string of the molecule is COc1ccc(NC(=O)N(C)C[C@@H]2OCCCC[C@H](C)Oc3ccc(NC(=O)C4CCCCC4)cc3C(=O)N([C@@H](C)CO)C[C@H]2C)cc1. The predicted octanol–water partition coefficient (Wildman–Crippen LogP) is 6.17. The van der Waals surface area contributed by atoms with E-state index in [0.29, 0.717) is 41.6 Å². The minimum Gasteiger partial charge on any atom is -0.497 e. The van der Waals surface area contributed by atoms with E-state index in [2.05, 4.69) is 10.6 Å². The van der Waals surface area contributed by atoms with Gasteiger partial charge in [0, 0.05) is 50.0 Å². The van der Waals surface area contributed by atoms with Crippen LogP contribution in [0.1, 0.15) is 82.5 Å². The number of amides is 4. The lowest BCUT2D eigenvalue weighted by molar-refractivity contribution is -0.120. The summed E-state index contributed by atoms with van der Waals surface area (Å²) in [6, 6.07) is 11.6. The summed E-state index contributed by atoms with van der Waals surface area (Å²) in [4.78, 5) is 43.8. The first-order valence-corrected chi connectivity index (χ1v) is 17.4. The van der Waals surface area contributed by atoms with Crippen LogP contribution >= 0.6 is 0 Å². The molecule has 4 amide bonds. The Morgan fingerprint density at radius 1 is 1.00 bits per heavy atom. The van der Waals surface area contributed by atoms with Crippen LogP contribution in [0.15, 0.2) is 42.5 Å². The number of rotatable bonds is 8. The number of aliphatic hydroxyl groups is 1. The first-order chi connectivity index (χ1) is 23.1. The number of benzene rings is 2. The highest BCUT2D eigenvalue weighted by Gasteiger charge is 2.31. The standard InChI is InChI=1S/C37H54N4O7/c1-25-22-41(26(2)24-42)36(44)32-21-30(38-35(43)28-12-7-6-8-13-28)16-19-33(32)48-27(3)11-9-10-20-47-34(25)23-40(4)37(45)39-29-14-17-31(46-5)18-15-29/h14-19,21,25-28,34,42H,6-13,20,22-24H2,1-5H3,(H,38,43)(H,39,45)/t25-,26+,27+,34+/m1/s1. The third-order valence-electron chi connectivity index (χ3n) is 9.44. The third-order valence-corrected chi connectivity index (χ3v) is 9.44. The van der Waals surface area contributed by atoms with Gasteiger partial charge in [0.1, 0.15) is 11.5 Å². The number of nitrogens with one attached hydrogen (secondary N) is 2. The number of ether oxygens (including phenoxy) is 3. The summed E-state index contributed by atoms with van der Waals surface area (Å²) in [6.07, 6.45) is 6.90. The number of hydrogen-bond donors (Lipinski definition) is 3. The molecule has 11 heteroatoms. The van der Waals surface area contributed by atoms with Gasteiger partial charge in [0.05, 0.1) is 37.5 Å². The van der Waals surface area contributed by atoms with Crippen LogP contribution in [0.3, 0.4) is 0 Å². The second-order valence-electron chi connectivity index (χ2n) is 13.4. The zero-order valence-electron chi connectivity index (χ0n) is 29.2. The van der Waals surface area contributed by atoms with Crippen LogP contribution < -0.4 is 20.1 Å². The molecule has 2 aromatic carbocycles. The quantitative estimate of drug-likeness (QED) is 0.307. The summed E-state index contributed by atoms with van der Waals surface area (Å²) in [5, 5.41) is 16.2. The molecule has 0 aromatic heterocycles.